The number of hydrogen-bond donors (Lipinski definition) is 4. The van der Waals surface area contributed by atoms with Crippen molar-refractivity contribution in [2.45, 2.75) is 39.8 Å². The zero-order chi connectivity index (χ0) is 45.4. The van der Waals surface area contributed by atoms with Gasteiger partial charge in [0.2, 0.25) is 12.1 Å². The summed E-state index contributed by atoms with van der Waals surface area (Å²) in [5.41, 5.74) is 2.40. The van der Waals surface area contributed by atoms with Crippen LogP contribution in [0.25, 0.3) is 0 Å². The molecule has 0 aliphatic rings. The van der Waals surface area contributed by atoms with Crippen LogP contribution in [0.2, 0.25) is 30.1 Å². The molecular weight excluding hydrogens is 925 g/mol. The Kier molecular flexibility index (Phi) is 15.9. The third kappa shape index (κ3) is 12.2. The molecule has 4 amide bonds. The molecule has 14 nitrogen and oxygen atoms in total. The van der Waals surface area contributed by atoms with Crippen LogP contribution in [0.5, 0.6) is 0 Å². The second kappa shape index (κ2) is 20.9. The van der Waals surface area contributed by atoms with Crippen LogP contribution in [0.3, 0.4) is 0 Å². The Morgan fingerprint density at radius 3 is 1.16 bits per heavy atom. The molecule has 0 saturated heterocycles. The number of rotatable bonds is 14. The summed E-state index contributed by atoms with van der Waals surface area (Å²) in [5.74, 6) is -4.04. The quantitative estimate of drug-likeness (QED) is 0.0630. The van der Waals surface area contributed by atoms with Crippen LogP contribution in [0.15, 0.2) is 105 Å². The molecule has 62 heavy (non-hydrogen) atoms. The van der Waals surface area contributed by atoms with Gasteiger partial charge < -0.3 is 21.3 Å². The van der Waals surface area contributed by atoms with Crippen LogP contribution < -0.4 is 21.3 Å². The third-order valence-corrected chi connectivity index (χ3v) is 10.4. The third-order valence-electron chi connectivity index (χ3n) is 8.69. The maximum atomic E-state index is 13.4. The van der Waals surface area contributed by atoms with Crippen molar-refractivity contribution in [2.75, 3.05) is 21.3 Å². The van der Waals surface area contributed by atoms with Crippen LogP contribution in [0, 0.1) is 13.8 Å². The average Bonchev–Trinajstić information content (AvgIpc) is 3.20. The smallest absolute Gasteiger partial charge is 0.258 e. The average molecular weight is 957 g/mol. The lowest BCUT2D eigenvalue weighted by Crippen LogP contribution is -2.32. The number of anilines is 4. The SMILES string of the molecule is CC(=O)C(N=Nc1cc(C(=O)Nc2ccc(Cl)cc2Cl)ccc1Cl)C(=O)Nc1cc(C)c(NC(=O)C(N=Nc2cc(C(=O)Nc3ccc(Cl)cc3Cl)ccc2Cl)C(C)=O)cc1C. The van der Waals surface area contributed by atoms with Gasteiger partial charge in [-0.2, -0.15) is 20.5 Å². The fourth-order valence-corrected chi connectivity index (χ4v) is 6.62. The van der Waals surface area contributed by atoms with Gasteiger partial charge in [0.15, 0.2) is 11.6 Å². The highest BCUT2D eigenvalue weighted by Gasteiger charge is 2.27. The summed E-state index contributed by atoms with van der Waals surface area (Å²) in [4.78, 5) is 77.9. The summed E-state index contributed by atoms with van der Waals surface area (Å²) < 4.78 is 0. The minimum atomic E-state index is -1.61. The van der Waals surface area contributed by atoms with E-state index in [2.05, 4.69) is 41.7 Å². The van der Waals surface area contributed by atoms with Gasteiger partial charge in [-0.1, -0.05) is 69.6 Å². The number of nitrogens with zero attached hydrogens (tertiary/aromatic N) is 4. The Morgan fingerprint density at radius 1 is 0.452 bits per heavy atom. The number of nitrogens with one attached hydrogen (secondary N) is 4. The number of ketones is 2. The largest absolute Gasteiger partial charge is 0.324 e. The molecule has 0 aromatic heterocycles. The fraction of sp³-hybridized carbons (Fsp3) is 0.143. The van der Waals surface area contributed by atoms with Crippen LogP contribution in [-0.4, -0.2) is 47.3 Å². The molecule has 2 atom stereocenters. The molecule has 0 radical (unpaired) electrons. The number of amides is 4. The van der Waals surface area contributed by atoms with Crippen molar-refractivity contribution in [3.8, 4) is 0 Å². The van der Waals surface area contributed by atoms with E-state index in [1.807, 2.05) is 0 Å². The standard InChI is InChI=1S/C42H32Cl6N8O6/c1-19-13-34(52-42(62)38(22(4)58)56-54-36-16-24(6-10-28(36)46)40(60)50-32-12-8-26(44)18-30(32)48)20(2)14-33(19)51-41(61)37(21(3)57)55-53-35-15-23(5-9-27(35)45)39(59)49-31-11-7-25(43)17-29(31)47/h5-18,37-38H,1-4H3,(H,49,59)(H,50,60)(H,51,61)(H,52,62). The van der Waals surface area contributed by atoms with E-state index in [1.54, 1.807) is 38.1 Å². The summed E-state index contributed by atoms with van der Waals surface area (Å²) in [6, 6.07) is 17.3. The van der Waals surface area contributed by atoms with E-state index in [4.69, 9.17) is 69.6 Å². The van der Waals surface area contributed by atoms with Gasteiger partial charge in [-0.05, 0) is 124 Å². The summed E-state index contributed by atoms with van der Waals surface area (Å²) in [5, 5.41) is 28.0. The number of carbonyl (C=O) groups excluding carboxylic acids is 6. The Hall–Kier alpha value is -5.74. The molecule has 5 aromatic carbocycles. The van der Waals surface area contributed by atoms with Gasteiger partial charge in [0.05, 0.1) is 31.5 Å². The maximum Gasteiger partial charge on any atom is 0.258 e. The second-order valence-electron chi connectivity index (χ2n) is 13.4. The summed E-state index contributed by atoms with van der Waals surface area (Å²) in [6.07, 6.45) is 0. The van der Waals surface area contributed by atoms with Gasteiger partial charge in [0.1, 0.15) is 11.4 Å². The minimum absolute atomic E-state index is 0.0103. The lowest BCUT2D eigenvalue weighted by molar-refractivity contribution is -0.127. The van der Waals surface area contributed by atoms with Crippen LogP contribution in [-0.2, 0) is 19.2 Å². The summed E-state index contributed by atoms with van der Waals surface area (Å²) in [6.45, 7) is 5.59. The molecule has 0 aliphatic heterocycles. The summed E-state index contributed by atoms with van der Waals surface area (Å²) in [7, 11) is 0. The molecule has 0 aliphatic carbocycles. The molecule has 4 N–H and O–H groups in total. The maximum absolute atomic E-state index is 13.4. The topological polar surface area (TPSA) is 200 Å². The van der Waals surface area contributed by atoms with Gasteiger partial charge in [-0.25, -0.2) is 0 Å². The number of azo groups is 2. The molecule has 2 unspecified atom stereocenters. The lowest BCUT2D eigenvalue weighted by atomic mass is 10.1. The number of Topliss-reactive ketones (excluding diaryl/α,β-unsaturated/α-hetero) is 2. The van der Waals surface area contributed by atoms with Crippen molar-refractivity contribution < 1.29 is 28.8 Å². The van der Waals surface area contributed by atoms with Gasteiger partial charge in [-0.15, -0.1) is 0 Å². The minimum Gasteiger partial charge on any atom is -0.324 e. The van der Waals surface area contributed by atoms with E-state index in [1.165, 1.54) is 60.7 Å². The predicted octanol–water partition coefficient (Wildman–Crippen LogP) is 12.1. The normalized spacial score (nSPS) is 12.2. The first-order chi connectivity index (χ1) is 29.3. The van der Waals surface area contributed by atoms with E-state index in [9.17, 15) is 28.8 Å². The van der Waals surface area contributed by atoms with Gasteiger partial charge >= 0.3 is 0 Å². The van der Waals surface area contributed by atoms with Gasteiger partial charge in [0, 0.05) is 32.5 Å². The molecule has 0 heterocycles. The number of carbonyl (C=O) groups is 6. The molecule has 0 fully saturated rings. The number of halogens is 6. The Morgan fingerprint density at radius 2 is 0.823 bits per heavy atom. The Bertz CT molecular complexity index is 2530. The monoisotopic (exact) mass is 954 g/mol. The second-order valence-corrected chi connectivity index (χ2v) is 15.9. The van der Waals surface area contributed by atoms with E-state index < -0.39 is 47.3 Å². The zero-order valence-electron chi connectivity index (χ0n) is 32.7. The zero-order valence-corrected chi connectivity index (χ0v) is 37.3. The highest BCUT2D eigenvalue weighted by atomic mass is 35.5. The van der Waals surface area contributed by atoms with E-state index in [-0.39, 0.29) is 54.0 Å². The fourth-order valence-electron chi connectivity index (χ4n) is 5.40. The highest BCUT2D eigenvalue weighted by Crippen LogP contribution is 2.32. The van der Waals surface area contributed by atoms with Crippen molar-refractivity contribution in [3.05, 3.63) is 137 Å². The van der Waals surface area contributed by atoms with Crippen LogP contribution in [0.4, 0.5) is 34.1 Å². The lowest BCUT2D eigenvalue weighted by Gasteiger charge is -2.16. The summed E-state index contributed by atoms with van der Waals surface area (Å²) >= 11 is 36.8. The molecule has 5 aromatic rings. The van der Waals surface area contributed by atoms with E-state index in [0.29, 0.717) is 32.5 Å². The molecule has 318 valence electrons. The number of aryl methyl sites for hydroxylation is 2. The van der Waals surface area contributed by atoms with E-state index >= 15 is 0 Å². The molecule has 0 saturated carbocycles. The molecular formula is C42H32Cl6N8O6. The van der Waals surface area contributed by atoms with Gasteiger partial charge in [-0.3, -0.25) is 28.8 Å². The highest BCUT2D eigenvalue weighted by molar-refractivity contribution is 6.38. The van der Waals surface area contributed by atoms with Crippen LogP contribution in [0.1, 0.15) is 45.7 Å². The van der Waals surface area contributed by atoms with Crippen molar-refractivity contribution >= 4 is 139 Å². The Balaban J connectivity index is 1.27. The molecule has 0 bridgehead atoms. The first-order valence-corrected chi connectivity index (χ1v) is 20.3. The van der Waals surface area contributed by atoms with E-state index in [0.717, 1.165) is 13.8 Å². The molecule has 0 spiro atoms. The van der Waals surface area contributed by atoms with Crippen LogP contribution >= 0.6 is 69.6 Å². The van der Waals surface area contributed by atoms with Crippen molar-refractivity contribution in [2.24, 2.45) is 20.5 Å². The first kappa shape index (κ1) is 47.3. The first-order valence-electron chi connectivity index (χ1n) is 18.0. The van der Waals surface area contributed by atoms with Crippen molar-refractivity contribution in [3.63, 3.8) is 0 Å². The van der Waals surface area contributed by atoms with Crippen molar-refractivity contribution in [1.29, 1.82) is 0 Å². The predicted molar refractivity (Wildman–Crippen MR) is 243 cm³/mol. The number of benzene rings is 5. The van der Waals surface area contributed by atoms with Gasteiger partial charge in [0.25, 0.3) is 23.6 Å². The molecule has 20 heteroatoms. The molecule has 5 rings (SSSR count). The Labute approximate surface area is 384 Å². The van der Waals surface area contributed by atoms with Crippen molar-refractivity contribution in [1.82, 2.24) is 0 Å². The number of hydrogen-bond acceptors (Lipinski definition) is 10.